The van der Waals surface area contributed by atoms with E-state index in [-0.39, 0.29) is 23.8 Å². The summed E-state index contributed by atoms with van der Waals surface area (Å²) in [5.74, 6) is 0.197. The van der Waals surface area contributed by atoms with Crippen LogP contribution < -0.4 is 5.32 Å². The third-order valence-corrected chi connectivity index (χ3v) is 3.84. The van der Waals surface area contributed by atoms with Gasteiger partial charge in [-0.1, -0.05) is 44.2 Å². The van der Waals surface area contributed by atoms with Crippen LogP contribution in [0.25, 0.3) is 0 Å². The van der Waals surface area contributed by atoms with E-state index in [1.165, 1.54) is 0 Å². The van der Waals surface area contributed by atoms with Gasteiger partial charge in [-0.05, 0) is 18.4 Å². The SMILES string of the molecule is CC(C)C(=O)NC1CCCN(C(=O)Cc2ccccc2)C1. The number of hydrogen-bond acceptors (Lipinski definition) is 2. The minimum absolute atomic E-state index is 0.0135. The second-order valence-electron chi connectivity index (χ2n) is 6.00. The van der Waals surface area contributed by atoms with E-state index in [1.807, 2.05) is 49.1 Å². The number of likely N-dealkylation sites (tertiary alicyclic amines) is 1. The van der Waals surface area contributed by atoms with Crippen LogP contribution in [0.1, 0.15) is 32.3 Å². The molecule has 1 aliphatic heterocycles. The number of carbonyl (C=O) groups excluding carboxylic acids is 2. The molecule has 1 fully saturated rings. The van der Waals surface area contributed by atoms with Gasteiger partial charge in [0.05, 0.1) is 6.42 Å². The Balaban J connectivity index is 1.88. The van der Waals surface area contributed by atoms with Gasteiger partial charge in [0.1, 0.15) is 0 Å². The topological polar surface area (TPSA) is 49.4 Å². The van der Waals surface area contributed by atoms with Crippen molar-refractivity contribution in [2.45, 2.75) is 39.2 Å². The third-order valence-electron chi connectivity index (χ3n) is 3.84. The predicted molar refractivity (Wildman–Crippen MR) is 82.7 cm³/mol. The summed E-state index contributed by atoms with van der Waals surface area (Å²) in [7, 11) is 0. The Hall–Kier alpha value is -1.84. The van der Waals surface area contributed by atoms with Gasteiger partial charge in [0.15, 0.2) is 0 Å². The highest BCUT2D eigenvalue weighted by Crippen LogP contribution is 2.13. The van der Waals surface area contributed by atoms with E-state index < -0.39 is 0 Å². The average molecular weight is 288 g/mol. The molecule has 1 saturated heterocycles. The molecule has 1 atom stereocenters. The van der Waals surface area contributed by atoms with Gasteiger partial charge in [-0.25, -0.2) is 0 Å². The zero-order valence-corrected chi connectivity index (χ0v) is 12.8. The first-order valence-electron chi connectivity index (χ1n) is 7.68. The molecule has 21 heavy (non-hydrogen) atoms. The Bertz CT molecular complexity index is 485. The lowest BCUT2D eigenvalue weighted by atomic mass is 10.0. The van der Waals surface area contributed by atoms with Crippen LogP contribution in [0.2, 0.25) is 0 Å². The maximum Gasteiger partial charge on any atom is 0.227 e. The van der Waals surface area contributed by atoms with E-state index in [9.17, 15) is 9.59 Å². The predicted octanol–water partition coefficient (Wildman–Crippen LogP) is 1.99. The van der Waals surface area contributed by atoms with E-state index in [0.717, 1.165) is 24.9 Å². The summed E-state index contributed by atoms with van der Waals surface area (Å²) in [5.41, 5.74) is 1.04. The number of piperidine rings is 1. The molecule has 1 aromatic carbocycles. The Morgan fingerprint density at radius 3 is 2.67 bits per heavy atom. The van der Waals surface area contributed by atoms with Gasteiger partial charge in [0, 0.05) is 25.0 Å². The second-order valence-corrected chi connectivity index (χ2v) is 6.00. The minimum Gasteiger partial charge on any atom is -0.351 e. The van der Waals surface area contributed by atoms with Crippen molar-refractivity contribution in [1.29, 1.82) is 0 Å². The van der Waals surface area contributed by atoms with Gasteiger partial charge >= 0.3 is 0 Å². The van der Waals surface area contributed by atoms with Gasteiger partial charge in [-0.2, -0.15) is 0 Å². The fourth-order valence-corrected chi connectivity index (χ4v) is 2.57. The minimum atomic E-state index is -0.0135. The monoisotopic (exact) mass is 288 g/mol. The van der Waals surface area contributed by atoms with Crippen LogP contribution in [0.3, 0.4) is 0 Å². The molecule has 114 valence electrons. The number of hydrogen-bond donors (Lipinski definition) is 1. The number of benzene rings is 1. The number of nitrogens with one attached hydrogen (secondary N) is 1. The third kappa shape index (κ3) is 4.59. The highest BCUT2D eigenvalue weighted by atomic mass is 16.2. The maximum absolute atomic E-state index is 12.3. The van der Waals surface area contributed by atoms with Crippen molar-refractivity contribution in [3.05, 3.63) is 35.9 Å². The lowest BCUT2D eigenvalue weighted by Crippen LogP contribution is -2.50. The van der Waals surface area contributed by atoms with E-state index >= 15 is 0 Å². The molecule has 4 heteroatoms. The molecule has 1 heterocycles. The first-order valence-corrected chi connectivity index (χ1v) is 7.68. The van der Waals surface area contributed by atoms with E-state index in [2.05, 4.69) is 5.32 Å². The molecule has 0 bridgehead atoms. The van der Waals surface area contributed by atoms with Crippen molar-refractivity contribution in [1.82, 2.24) is 10.2 Å². The summed E-state index contributed by atoms with van der Waals surface area (Å²) in [6, 6.07) is 9.88. The summed E-state index contributed by atoms with van der Waals surface area (Å²) in [6.45, 7) is 5.19. The van der Waals surface area contributed by atoms with Gasteiger partial charge < -0.3 is 10.2 Å². The lowest BCUT2D eigenvalue weighted by Gasteiger charge is -2.33. The Morgan fingerprint density at radius 1 is 1.29 bits per heavy atom. The molecule has 0 aliphatic carbocycles. The molecule has 1 aliphatic rings. The summed E-state index contributed by atoms with van der Waals surface area (Å²) >= 11 is 0. The van der Waals surface area contributed by atoms with Crippen molar-refractivity contribution in [2.24, 2.45) is 5.92 Å². The van der Waals surface area contributed by atoms with Crippen molar-refractivity contribution < 1.29 is 9.59 Å². The van der Waals surface area contributed by atoms with Gasteiger partial charge in [-0.15, -0.1) is 0 Å². The lowest BCUT2D eigenvalue weighted by molar-refractivity contribution is -0.133. The van der Waals surface area contributed by atoms with E-state index in [4.69, 9.17) is 0 Å². The molecule has 0 spiro atoms. The van der Waals surface area contributed by atoms with E-state index in [1.54, 1.807) is 0 Å². The standard InChI is InChI=1S/C17H24N2O2/c1-13(2)17(21)18-15-9-6-10-19(12-15)16(20)11-14-7-4-3-5-8-14/h3-5,7-8,13,15H,6,9-12H2,1-2H3,(H,18,21). The van der Waals surface area contributed by atoms with Gasteiger partial charge in [0.2, 0.25) is 11.8 Å². The van der Waals surface area contributed by atoms with Crippen molar-refractivity contribution in [3.8, 4) is 0 Å². The number of nitrogens with zero attached hydrogens (tertiary/aromatic N) is 1. The smallest absolute Gasteiger partial charge is 0.227 e. The Morgan fingerprint density at radius 2 is 2.00 bits per heavy atom. The largest absolute Gasteiger partial charge is 0.351 e. The average Bonchev–Trinajstić information content (AvgIpc) is 2.48. The number of carbonyl (C=O) groups is 2. The van der Waals surface area contributed by atoms with E-state index in [0.29, 0.717) is 13.0 Å². The molecular weight excluding hydrogens is 264 g/mol. The summed E-state index contributed by atoms with van der Waals surface area (Å²) in [5, 5.41) is 3.03. The summed E-state index contributed by atoms with van der Waals surface area (Å²) in [4.78, 5) is 26.0. The molecule has 2 rings (SSSR count). The van der Waals surface area contributed by atoms with Crippen LogP contribution in [-0.4, -0.2) is 35.8 Å². The fourth-order valence-electron chi connectivity index (χ4n) is 2.57. The van der Waals surface area contributed by atoms with Crippen LogP contribution >= 0.6 is 0 Å². The zero-order valence-electron chi connectivity index (χ0n) is 12.8. The van der Waals surface area contributed by atoms with Crippen LogP contribution in [-0.2, 0) is 16.0 Å². The quantitative estimate of drug-likeness (QED) is 0.921. The zero-order chi connectivity index (χ0) is 15.2. The number of amides is 2. The Labute approximate surface area is 126 Å². The normalized spacial score (nSPS) is 18.6. The van der Waals surface area contributed by atoms with Crippen LogP contribution in [0.5, 0.6) is 0 Å². The summed E-state index contributed by atoms with van der Waals surface area (Å²) in [6.07, 6.45) is 2.34. The van der Waals surface area contributed by atoms with Crippen LogP contribution in [0.4, 0.5) is 0 Å². The molecule has 0 radical (unpaired) electrons. The van der Waals surface area contributed by atoms with Crippen LogP contribution in [0.15, 0.2) is 30.3 Å². The molecule has 0 saturated carbocycles. The molecule has 1 aromatic rings. The molecular formula is C17H24N2O2. The molecule has 1 N–H and O–H groups in total. The maximum atomic E-state index is 12.3. The van der Waals surface area contributed by atoms with Crippen molar-refractivity contribution >= 4 is 11.8 Å². The van der Waals surface area contributed by atoms with Crippen LogP contribution in [0, 0.1) is 5.92 Å². The Kier molecular flexibility index (Phi) is 5.37. The molecule has 0 aromatic heterocycles. The van der Waals surface area contributed by atoms with Gasteiger partial charge in [0.25, 0.3) is 0 Å². The first kappa shape index (κ1) is 15.5. The fraction of sp³-hybridized carbons (Fsp3) is 0.529. The summed E-state index contributed by atoms with van der Waals surface area (Å²) < 4.78 is 0. The van der Waals surface area contributed by atoms with Crippen molar-refractivity contribution in [2.75, 3.05) is 13.1 Å². The van der Waals surface area contributed by atoms with Crippen molar-refractivity contribution in [3.63, 3.8) is 0 Å². The highest BCUT2D eigenvalue weighted by Gasteiger charge is 2.25. The first-order chi connectivity index (χ1) is 10.1. The van der Waals surface area contributed by atoms with Gasteiger partial charge in [-0.3, -0.25) is 9.59 Å². The molecule has 2 amide bonds. The molecule has 1 unspecified atom stereocenters. The highest BCUT2D eigenvalue weighted by molar-refractivity contribution is 5.80. The second kappa shape index (κ2) is 7.25. The molecule has 4 nitrogen and oxygen atoms in total. The number of rotatable bonds is 4.